The predicted octanol–water partition coefficient (Wildman–Crippen LogP) is 5.28. The minimum Gasteiger partial charge on any atom is -0.368 e. The van der Waals surface area contributed by atoms with Gasteiger partial charge in [-0.1, -0.05) is 29.8 Å². The molecule has 1 atom stereocenters. The number of non-ortho nitro benzene ring substituents is 1. The molecule has 0 amide bonds. The molecule has 0 aliphatic rings. The maximum absolute atomic E-state index is 13.4. The van der Waals surface area contributed by atoms with Crippen LogP contribution in [0.15, 0.2) is 48.5 Å². The summed E-state index contributed by atoms with van der Waals surface area (Å²) in [5.41, 5.74) is 2.18. The Kier molecular flexibility index (Phi) is 6.91. The maximum atomic E-state index is 13.4. The number of nitro groups is 1. The number of benzene rings is 2. The van der Waals surface area contributed by atoms with Gasteiger partial charge in [0.1, 0.15) is 0 Å². The van der Waals surface area contributed by atoms with E-state index in [4.69, 9.17) is 9.05 Å². The molecule has 2 aromatic rings. The quantitative estimate of drug-likeness (QED) is 0.363. The molecule has 0 radical (unpaired) electrons. The van der Waals surface area contributed by atoms with E-state index < -0.39 is 18.3 Å². The third kappa shape index (κ3) is 4.91. The van der Waals surface area contributed by atoms with E-state index in [0.717, 1.165) is 5.56 Å². The van der Waals surface area contributed by atoms with Crippen molar-refractivity contribution in [2.24, 2.45) is 0 Å². The minimum absolute atomic E-state index is 0.0854. The molecule has 1 unspecified atom stereocenters. The molecule has 0 fully saturated rings. The van der Waals surface area contributed by atoms with Gasteiger partial charge in [-0.25, -0.2) is 0 Å². The molecule has 0 saturated heterocycles. The van der Waals surface area contributed by atoms with Crippen LogP contribution in [-0.2, 0) is 13.6 Å². The summed E-state index contributed by atoms with van der Waals surface area (Å²) in [6, 6.07) is 13.5. The standard InChI is InChI=1S/C18H23N2O5P/c1-4-24-26(23,25-5-2)18(19-16-11-9-14(3)10-12-16)15-7-6-8-17(13-15)20(21)22/h6-13,18-19H,4-5H2,1-3H3. The summed E-state index contributed by atoms with van der Waals surface area (Å²) < 4.78 is 24.4. The molecule has 7 nitrogen and oxygen atoms in total. The van der Waals surface area contributed by atoms with Crippen molar-refractivity contribution in [2.75, 3.05) is 18.5 Å². The number of anilines is 1. The molecule has 0 bridgehead atoms. The van der Waals surface area contributed by atoms with Crippen LogP contribution in [0.25, 0.3) is 0 Å². The molecule has 2 aromatic carbocycles. The van der Waals surface area contributed by atoms with Crippen molar-refractivity contribution >= 4 is 19.0 Å². The average molecular weight is 378 g/mol. The van der Waals surface area contributed by atoms with Crippen LogP contribution in [0, 0.1) is 17.0 Å². The monoisotopic (exact) mass is 378 g/mol. The molecule has 0 spiro atoms. The second kappa shape index (κ2) is 8.94. The van der Waals surface area contributed by atoms with Crippen LogP contribution < -0.4 is 5.32 Å². The van der Waals surface area contributed by atoms with Gasteiger partial charge in [0.15, 0.2) is 5.78 Å². The Hall–Kier alpha value is -2.21. The predicted molar refractivity (Wildman–Crippen MR) is 101 cm³/mol. The van der Waals surface area contributed by atoms with Crippen molar-refractivity contribution in [1.82, 2.24) is 0 Å². The third-order valence-electron chi connectivity index (χ3n) is 3.69. The van der Waals surface area contributed by atoms with E-state index in [1.165, 1.54) is 12.1 Å². The number of nitrogens with zero attached hydrogens (tertiary/aromatic N) is 1. The lowest BCUT2D eigenvalue weighted by Crippen LogP contribution is -2.15. The van der Waals surface area contributed by atoms with Gasteiger partial charge in [-0.05, 0) is 38.5 Å². The van der Waals surface area contributed by atoms with Crippen LogP contribution in [0.2, 0.25) is 0 Å². The van der Waals surface area contributed by atoms with Crippen molar-refractivity contribution in [3.8, 4) is 0 Å². The molecule has 0 aliphatic carbocycles. The fraction of sp³-hybridized carbons (Fsp3) is 0.333. The van der Waals surface area contributed by atoms with Gasteiger partial charge in [0.2, 0.25) is 0 Å². The maximum Gasteiger partial charge on any atom is 0.357 e. The second-order valence-electron chi connectivity index (χ2n) is 5.64. The highest BCUT2D eigenvalue weighted by Gasteiger charge is 2.37. The molecular weight excluding hydrogens is 355 g/mol. The molecule has 26 heavy (non-hydrogen) atoms. The van der Waals surface area contributed by atoms with Crippen molar-refractivity contribution < 1.29 is 18.5 Å². The van der Waals surface area contributed by atoms with Crippen LogP contribution in [0.5, 0.6) is 0 Å². The van der Waals surface area contributed by atoms with Crippen molar-refractivity contribution in [3.63, 3.8) is 0 Å². The SMILES string of the molecule is CCOP(=O)(OCC)C(Nc1ccc(C)cc1)c1cccc([N+](=O)[O-])c1. The zero-order chi connectivity index (χ0) is 19.2. The normalized spacial score (nSPS) is 12.6. The van der Waals surface area contributed by atoms with E-state index in [0.29, 0.717) is 11.3 Å². The first-order valence-corrected chi connectivity index (χ1v) is 9.97. The summed E-state index contributed by atoms with van der Waals surface area (Å²) >= 11 is 0. The Balaban J connectivity index is 2.49. The first kappa shape index (κ1) is 20.1. The third-order valence-corrected chi connectivity index (χ3v) is 5.98. The zero-order valence-electron chi connectivity index (χ0n) is 15.0. The van der Waals surface area contributed by atoms with Crippen LogP contribution in [-0.4, -0.2) is 18.1 Å². The Morgan fingerprint density at radius 3 is 2.27 bits per heavy atom. The van der Waals surface area contributed by atoms with Crippen molar-refractivity contribution in [1.29, 1.82) is 0 Å². The van der Waals surface area contributed by atoms with E-state index in [9.17, 15) is 14.7 Å². The van der Waals surface area contributed by atoms with Crippen LogP contribution >= 0.6 is 7.60 Å². The van der Waals surface area contributed by atoms with E-state index in [1.54, 1.807) is 26.0 Å². The van der Waals surface area contributed by atoms with E-state index in [1.807, 2.05) is 31.2 Å². The van der Waals surface area contributed by atoms with Gasteiger partial charge in [-0.15, -0.1) is 0 Å². The summed E-state index contributed by atoms with van der Waals surface area (Å²) in [4.78, 5) is 10.6. The molecule has 0 aliphatic heterocycles. The van der Waals surface area contributed by atoms with Crippen LogP contribution in [0.3, 0.4) is 0 Å². The smallest absolute Gasteiger partial charge is 0.357 e. The second-order valence-corrected chi connectivity index (χ2v) is 7.75. The number of nitro benzene ring substituents is 1. The van der Waals surface area contributed by atoms with Gasteiger partial charge < -0.3 is 14.4 Å². The van der Waals surface area contributed by atoms with E-state index in [-0.39, 0.29) is 18.9 Å². The summed E-state index contributed by atoms with van der Waals surface area (Å²) in [6.45, 7) is 5.80. The van der Waals surface area contributed by atoms with Gasteiger partial charge in [0.25, 0.3) is 5.69 Å². The Bertz CT molecular complexity index is 784. The zero-order valence-corrected chi connectivity index (χ0v) is 15.9. The van der Waals surface area contributed by atoms with E-state index in [2.05, 4.69) is 5.32 Å². The summed E-state index contributed by atoms with van der Waals surface area (Å²) in [6.07, 6.45) is 0. The molecular formula is C18H23N2O5P. The minimum atomic E-state index is -3.61. The fourth-order valence-electron chi connectivity index (χ4n) is 2.51. The highest BCUT2D eigenvalue weighted by atomic mass is 31.2. The lowest BCUT2D eigenvalue weighted by molar-refractivity contribution is -0.384. The largest absolute Gasteiger partial charge is 0.368 e. The van der Waals surface area contributed by atoms with E-state index >= 15 is 0 Å². The first-order valence-electron chi connectivity index (χ1n) is 8.36. The summed E-state index contributed by atoms with van der Waals surface area (Å²) in [7, 11) is -3.61. The number of hydrogen-bond acceptors (Lipinski definition) is 6. The van der Waals surface area contributed by atoms with Gasteiger partial charge in [-0.3, -0.25) is 14.7 Å². The van der Waals surface area contributed by atoms with Crippen molar-refractivity contribution in [2.45, 2.75) is 26.6 Å². The van der Waals surface area contributed by atoms with Gasteiger partial charge in [0, 0.05) is 17.8 Å². The highest BCUT2D eigenvalue weighted by Crippen LogP contribution is 2.61. The van der Waals surface area contributed by atoms with Gasteiger partial charge in [-0.2, -0.15) is 0 Å². The van der Waals surface area contributed by atoms with Gasteiger partial charge in [0.05, 0.1) is 18.1 Å². The average Bonchev–Trinajstić information content (AvgIpc) is 2.61. The highest BCUT2D eigenvalue weighted by molar-refractivity contribution is 7.54. The molecule has 0 heterocycles. The fourth-order valence-corrected chi connectivity index (χ4v) is 4.43. The van der Waals surface area contributed by atoms with Crippen LogP contribution in [0.1, 0.15) is 30.8 Å². The molecule has 0 aromatic heterocycles. The Labute approximate surface area is 153 Å². The first-order chi connectivity index (χ1) is 12.4. The summed E-state index contributed by atoms with van der Waals surface area (Å²) in [5, 5.41) is 14.3. The Morgan fingerprint density at radius 1 is 1.12 bits per heavy atom. The summed E-state index contributed by atoms with van der Waals surface area (Å²) in [5.74, 6) is -0.870. The van der Waals surface area contributed by atoms with Gasteiger partial charge >= 0.3 is 7.60 Å². The lowest BCUT2D eigenvalue weighted by atomic mass is 10.2. The molecule has 2 rings (SSSR count). The molecule has 1 N–H and O–H groups in total. The molecule has 8 heteroatoms. The number of aryl methyl sites for hydroxylation is 1. The molecule has 0 saturated carbocycles. The lowest BCUT2D eigenvalue weighted by Gasteiger charge is -2.28. The molecule has 140 valence electrons. The van der Waals surface area contributed by atoms with Crippen molar-refractivity contribution in [3.05, 3.63) is 69.8 Å². The number of nitrogens with one attached hydrogen (secondary N) is 1. The van der Waals surface area contributed by atoms with Crippen LogP contribution in [0.4, 0.5) is 11.4 Å². The topological polar surface area (TPSA) is 90.7 Å². The Morgan fingerprint density at radius 2 is 1.73 bits per heavy atom. The number of rotatable bonds is 9. The number of hydrogen-bond donors (Lipinski definition) is 1.